The summed E-state index contributed by atoms with van der Waals surface area (Å²) in [7, 11) is 1.40. The van der Waals surface area contributed by atoms with Gasteiger partial charge in [-0.15, -0.1) is 0 Å². The number of nitrogens with one attached hydrogen (secondary N) is 1. The van der Waals surface area contributed by atoms with Gasteiger partial charge in [-0.2, -0.15) is 5.10 Å². The van der Waals surface area contributed by atoms with Gasteiger partial charge in [0.25, 0.3) is 0 Å². The second-order valence-corrected chi connectivity index (χ2v) is 5.12. The molecule has 0 fully saturated rings. The summed E-state index contributed by atoms with van der Waals surface area (Å²) < 4.78 is 7.15. The van der Waals surface area contributed by atoms with Gasteiger partial charge in [0, 0.05) is 6.42 Å². The first-order chi connectivity index (χ1) is 8.51. The second-order valence-electron chi connectivity index (χ2n) is 4.73. The summed E-state index contributed by atoms with van der Waals surface area (Å²) in [5.74, 6) is 0.928. The van der Waals surface area contributed by atoms with Crippen molar-refractivity contribution in [2.45, 2.75) is 46.1 Å². The minimum absolute atomic E-state index is 0.265. The molecule has 5 nitrogen and oxygen atoms in total. The number of aromatic nitrogens is 3. The summed E-state index contributed by atoms with van der Waals surface area (Å²) >= 11 is 5.22. The predicted molar refractivity (Wildman–Crippen MR) is 71.9 cm³/mol. The van der Waals surface area contributed by atoms with Crippen molar-refractivity contribution in [3.05, 3.63) is 10.6 Å². The highest BCUT2D eigenvalue weighted by Crippen LogP contribution is 2.21. The molecule has 0 aliphatic carbocycles. The Labute approximate surface area is 113 Å². The van der Waals surface area contributed by atoms with Crippen molar-refractivity contribution in [2.24, 2.45) is 5.92 Å². The van der Waals surface area contributed by atoms with Gasteiger partial charge < -0.3 is 4.74 Å². The molecule has 1 rings (SSSR count). The Kier molecular flexibility index (Phi) is 5.53. The normalized spacial score (nSPS) is 12.7. The van der Waals surface area contributed by atoms with Gasteiger partial charge in [-0.3, -0.25) is 9.67 Å². The van der Waals surface area contributed by atoms with E-state index in [4.69, 9.17) is 17.0 Å². The quantitative estimate of drug-likeness (QED) is 0.638. The smallest absolute Gasteiger partial charge is 0.329 e. The third-order valence-electron chi connectivity index (χ3n) is 2.73. The Morgan fingerprint density at radius 2 is 2.22 bits per heavy atom. The van der Waals surface area contributed by atoms with E-state index in [0.29, 0.717) is 17.1 Å². The monoisotopic (exact) mass is 271 g/mol. The van der Waals surface area contributed by atoms with Crippen LogP contribution in [0.4, 0.5) is 0 Å². The molecule has 1 atom stereocenters. The van der Waals surface area contributed by atoms with Crippen LogP contribution < -0.4 is 0 Å². The lowest BCUT2D eigenvalue weighted by molar-refractivity contribution is -0.145. The van der Waals surface area contributed by atoms with Crippen molar-refractivity contribution in [2.75, 3.05) is 7.11 Å². The molecule has 0 aromatic carbocycles. The molecular weight excluding hydrogens is 250 g/mol. The van der Waals surface area contributed by atoms with Crippen LogP contribution in [0.5, 0.6) is 0 Å². The van der Waals surface area contributed by atoms with Gasteiger partial charge in [0.15, 0.2) is 4.77 Å². The molecule has 0 saturated carbocycles. The molecule has 0 amide bonds. The standard InChI is InChI=1S/C12H21N3O2S/c1-5-6-10-13-14-12(18)15(10)9(7-8(2)3)11(16)17-4/h8-9H,5-7H2,1-4H3,(H,14,18). The molecule has 1 aromatic heterocycles. The van der Waals surface area contributed by atoms with Gasteiger partial charge >= 0.3 is 5.97 Å². The lowest BCUT2D eigenvalue weighted by Crippen LogP contribution is -2.24. The first kappa shape index (κ1) is 14.9. The van der Waals surface area contributed by atoms with Crippen molar-refractivity contribution >= 4 is 18.2 Å². The molecule has 1 aromatic rings. The average Bonchev–Trinajstić information content (AvgIpc) is 2.67. The van der Waals surface area contributed by atoms with E-state index in [1.165, 1.54) is 7.11 Å². The Morgan fingerprint density at radius 1 is 1.56 bits per heavy atom. The summed E-state index contributed by atoms with van der Waals surface area (Å²) in [5.41, 5.74) is 0. The van der Waals surface area contributed by atoms with E-state index < -0.39 is 0 Å². The number of carbonyl (C=O) groups is 1. The third-order valence-corrected chi connectivity index (χ3v) is 3.02. The second kappa shape index (κ2) is 6.68. The Morgan fingerprint density at radius 3 is 2.72 bits per heavy atom. The van der Waals surface area contributed by atoms with Crippen LogP contribution in [-0.2, 0) is 16.0 Å². The van der Waals surface area contributed by atoms with E-state index in [-0.39, 0.29) is 12.0 Å². The average molecular weight is 271 g/mol. The van der Waals surface area contributed by atoms with Gasteiger partial charge in [0.2, 0.25) is 0 Å². The first-order valence-corrected chi connectivity index (χ1v) is 6.65. The van der Waals surface area contributed by atoms with Crippen LogP contribution in [0.3, 0.4) is 0 Å². The zero-order valence-corrected chi connectivity index (χ0v) is 12.2. The number of aryl methyl sites for hydroxylation is 1. The molecular formula is C12H21N3O2S. The number of rotatable bonds is 6. The molecule has 1 heterocycles. The SMILES string of the molecule is CCCc1n[nH]c(=S)n1C(CC(C)C)C(=O)OC. The maximum Gasteiger partial charge on any atom is 0.329 e. The Bertz CT molecular complexity index is 450. The molecule has 0 aliphatic rings. The Balaban J connectivity index is 3.15. The van der Waals surface area contributed by atoms with Crippen LogP contribution in [0.2, 0.25) is 0 Å². The molecule has 1 N–H and O–H groups in total. The van der Waals surface area contributed by atoms with Crippen molar-refractivity contribution in [3.8, 4) is 0 Å². The summed E-state index contributed by atoms with van der Waals surface area (Å²) in [4.78, 5) is 11.9. The third kappa shape index (κ3) is 3.41. The number of esters is 1. The van der Waals surface area contributed by atoms with E-state index >= 15 is 0 Å². The van der Waals surface area contributed by atoms with Gasteiger partial charge in [-0.1, -0.05) is 20.8 Å². The van der Waals surface area contributed by atoms with Crippen molar-refractivity contribution in [1.29, 1.82) is 0 Å². The lowest BCUT2D eigenvalue weighted by atomic mass is 10.0. The van der Waals surface area contributed by atoms with Crippen molar-refractivity contribution in [3.63, 3.8) is 0 Å². The van der Waals surface area contributed by atoms with Crippen LogP contribution >= 0.6 is 12.2 Å². The number of methoxy groups -OCH3 is 1. The van der Waals surface area contributed by atoms with Crippen LogP contribution in [0.15, 0.2) is 0 Å². The fraction of sp³-hybridized carbons (Fsp3) is 0.750. The molecule has 0 saturated heterocycles. The minimum atomic E-state index is -0.386. The molecule has 0 spiro atoms. The number of nitrogens with zero attached hydrogens (tertiary/aromatic N) is 2. The van der Waals surface area contributed by atoms with Gasteiger partial charge in [0.1, 0.15) is 11.9 Å². The van der Waals surface area contributed by atoms with Crippen molar-refractivity contribution in [1.82, 2.24) is 14.8 Å². The van der Waals surface area contributed by atoms with E-state index in [2.05, 4.69) is 31.0 Å². The fourth-order valence-electron chi connectivity index (χ4n) is 1.95. The maximum absolute atomic E-state index is 11.9. The maximum atomic E-state index is 11.9. The van der Waals surface area contributed by atoms with E-state index in [1.807, 2.05) is 0 Å². The van der Waals surface area contributed by atoms with Crippen LogP contribution in [0, 0.1) is 10.7 Å². The summed E-state index contributed by atoms with van der Waals surface area (Å²) in [5, 5.41) is 6.95. The number of H-pyrrole nitrogens is 1. The molecule has 1 unspecified atom stereocenters. The number of carbonyl (C=O) groups excluding carboxylic acids is 1. The van der Waals surface area contributed by atoms with E-state index in [9.17, 15) is 4.79 Å². The Hall–Kier alpha value is -1.17. The summed E-state index contributed by atoms with van der Waals surface area (Å²) in [6.45, 7) is 6.20. The molecule has 102 valence electrons. The number of hydrogen-bond donors (Lipinski definition) is 1. The van der Waals surface area contributed by atoms with Crippen LogP contribution in [0.25, 0.3) is 0 Å². The predicted octanol–water partition coefficient (Wildman–Crippen LogP) is 2.65. The lowest BCUT2D eigenvalue weighted by Gasteiger charge is -2.19. The highest BCUT2D eigenvalue weighted by molar-refractivity contribution is 7.71. The van der Waals surface area contributed by atoms with Crippen LogP contribution in [0.1, 0.15) is 45.5 Å². The fourth-order valence-corrected chi connectivity index (χ4v) is 2.23. The molecule has 0 aliphatic heterocycles. The van der Waals surface area contributed by atoms with Gasteiger partial charge in [-0.05, 0) is 31.0 Å². The zero-order chi connectivity index (χ0) is 13.7. The first-order valence-electron chi connectivity index (χ1n) is 6.24. The van der Waals surface area contributed by atoms with E-state index in [1.54, 1.807) is 4.57 Å². The summed E-state index contributed by atoms with van der Waals surface area (Å²) in [6.07, 6.45) is 2.44. The topological polar surface area (TPSA) is 59.9 Å². The zero-order valence-electron chi connectivity index (χ0n) is 11.4. The molecule has 0 radical (unpaired) electrons. The van der Waals surface area contributed by atoms with Crippen molar-refractivity contribution < 1.29 is 9.53 Å². The van der Waals surface area contributed by atoms with E-state index in [0.717, 1.165) is 18.7 Å². The number of ether oxygens (including phenoxy) is 1. The van der Waals surface area contributed by atoms with Gasteiger partial charge in [-0.25, -0.2) is 4.79 Å². The molecule has 6 heteroatoms. The molecule has 18 heavy (non-hydrogen) atoms. The minimum Gasteiger partial charge on any atom is -0.467 e. The highest BCUT2D eigenvalue weighted by Gasteiger charge is 2.25. The largest absolute Gasteiger partial charge is 0.467 e. The number of hydrogen-bond acceptors (Lipinski definition) is 4. The van der Waals surface area contributed by atoms with Crippen LogP contribution in [-0.4, -0.2) is 27.8 Å². The highest BCUT2D eigenvalue weighted by atomic mass is 32.1. The number of aromatic amines is 1. The van der Waals surface area contributed by atoms with Gasteiger partial charge in [0.05, 0.1) is 7.11 Å². The molecule has 0 bridgehead atoms. The summed E-state index contributed by atoms with van der Waals surface area (Å²) in [6, 6.07) is -0.386.